The summed E-state index contributed by atoms with van der Waals surface area (Å²) < 4.78 is 0. The molecular formula is C14H29N3O. The molecule has 0 saturated carbocycles. The second-order valence-corrected chi connectivity index (χ2v) is 5.35. The Balaban J connectivity index is 2.22. The fraction of sp³-hybridized carbons (Fsp3) is 0.929. The summed E-state index contributed by atoms with van der Waals surface area (Å²) in [6, 6.07) is 0. The van der Waals surface area contributed by atoms with Crippen LogP contribution in [0.1, 0.15) is 46.0 Å². The van der Waals surface area contributed by atoms with Gasteiger partial charge in [0.25, 0.3) is 0 Å². The Hall–Kier alpha value is -0.610. The van der Waals surface area contributed by atoms with E-state index >= 15 is 0 Å². The molecule has 0 aromatic heterocycles. The molecule has 1 amide bonds. The van der Waals surface area contributed by atoms with Gasteiger partial charge in [0, 0.05) is 13.1 Å². The average Bonchev–Trinajstić information content (AvgIpc) is 2.90. The molecule has 1 aliphatic heterocycles. The van der Waals surface area contributed by atoms with Crippen molar-refractivity contribution in [2.45, 2.75) is 46.0 Å². The molecule has 4 nitrogen and oxygen atoms in total. The number of carbonyl (C=O) groups excluding carboxylic acids is 1. The lowest BCUT2D eigenvalue weighted by Crippen LogP contribution is -2.45. The molecule has 0 aliphatic carbocycles. The molecule has 0 atom stereocenters. The van der Waals surface area contributed by atoms with E-state index in [4.69, 9.17) is 5.73 Å². The number of hydrogen-bond donors (Lipinski definition) is 2. The maximum Gasteiger partial charge on any atom is 0.227 e. The third-order valence-electron chi connectivity index (χ3n) is 4.36. The smallest absolute Gasteiger partial charge is 0.227 e. The Kier molecular flexibility index (Phi) is 6.65. The predicted molar refractivity (Wildman–Crippen MR) is 75.4 cm³/mol. The van der Waals surface area contributed by atoms with Crippen LogP contribution < -0.4 is 11.1 Å². The van der Waals surface area contributed by atoms with E-state index in [0.29, 0.717) is 6.54 Å². The zero-order chi connectivity index (χ0) is 13.4. The van der Waals surface area contributed by atoms with Gasteiger partial charge in [-0.25, -0.2) is 0 Å². The van der Waals surface area contributed by atoms with Crippen LogP contribution in [0.2, 0.25) is 0 Å². The molecule has 3 N–H and O–H groups in total. The molecular weight excluding hydrogens is 226 g/mol. The van der Waals surface area contributed by atoms with Gasteiger partial charge in [0.05, 0.1) is 5.41 Å². The van der Waals surface area contributed by atoms with Gasteiger partial charge in [-0.3, -0.25) is 4.79 Å². The monoisotopic (exact) mass is 255 g/mol. The van der Waals surface area contributed by atoms with Crippen molar-refractivity contribution < 1.29 is 4.79 Å². The number of amides is 1. The standard InChI is InChI=1S/C14H29N3O/c1-3-14(4-2,12-15)13(18)16-8-7-11-17-9-5-6-10-17/h3-12,15H2,1-2H3,(H,16,18). The average molecular weight is 255 g/mol. The first-order valence-corrected chi connectivity index (χ1v) is 7.39. The molecule has 18 heavy (non-hydrogen) atoms. The Morgan fingerprint density at radius 2 is 1.89 bits per heavy atom. The van der Waals surface area contributed by atoms with Crippen molar-refractivity contribution in [1.29, 1.82) is 0 Å². The lowest BCUT2D eigenvalue weighted by atomic mass is 9.81. The minimum Gasteiger partial charge on any atom is -0.356 e. The number of likely N-dealkylation sites (tertiary alicyclic amines) is 1. The van der Waals surface area contributed by atoms with Gasteiger partial charge in [0.1, 0.15) is 0 Å². The number of nitrogens with two attached hydrogens (primary N) is 1. The quantitative estimate of drug-likeness (QED) is 0.644. The van der Waals surface area contributed by atoms with Crippen LogP contribution in [0.3, 0.4) is 0 Å². The van der Waals surface area contributed by atoms with E-state index in [0.717, 1.165) is 32.4 Å². The maximum absolute atomic E-state index is 12.1. The van der Waals surface area contributed by atoms with Crippen molar-refractivity contribution in [3.8, 4) is 0 Å². The largest absolute Gasteiger partial charge is 0.356 e. The minimum atomic E-state index is -0.354. The Labute approximate surface area is 111 Å². The van der Waals surface area contributed by atoms with E-state index < -0.39 is 0 Å². The van der Waals surface area contributed by atoms with Crippen LogP contribution in [0.15, 0.2) is 0 Å². The van der Waals surface area contributed by atoms with Crippen LogP contribution in [0.5, 0.6) is 0 Å². The normalized spacial score (nSPS) is 17.1. The lowest BCUT2D eigenvalue weighted by Gasteiger charge is -2.28. The Bertz CT molecular complexity index is 237. The number of nitrogens with zero attached hydrogens (tertiary/aromatic N) is 1. The zero-order valence-electron chi connectivity index (χ0n) is 12.0. The molecule has 1 aliphatic rings. The lowest BCUT2D eigenvalue weighted by molar-refractivity contribution is -0.131. The fourth-order valence-electron chi connectivity index (χ4n) is 2.65. The maximum atomic E-state index is 12.1. The first kappa shape index (κ1) is 15.4. The van der Waals surface area contributed by atoms with E-state index in [1.807, 2.05) is 13.8 Å². The van der Waals surface area contributed by atoms with E-state index in [9.17, 15) is 4.79 Å². The summed E-state index contributed by atoms with van der Waals surface area (Å²) in [4.78, 5) is 14.6. The number of rotatable bonds is 8. The molecule has 1 saturated heterocycles. The first-order valence-electron chi connectivity index (χ1n) is 7.39. The van der Waals surface area contributed by atoms with E-state index in [1.165, 1.54) is 25.9 Å². The highest BCUT2D eigenvalue weighted by molar-refractivity contribution is 5.82. The van der Waals surface area contributed by atoms with E-state index in [1.54, 1.807) is 0 Å². The molecule has 0 spiro atoms. The number of hydrogen-bond acceptors (Lipinski definition) is 3. The third kappa shape index (κ3) is 3.95. The van der Waals surface area contributed by atoms with Crippen molar-refractivity contribution in [3.63, 3.8) is 0 Å². The molecule has 0 unspecified atom stereocenters. The van der Waals surface area contributed by atoms with Crippen molar-refractivity contribution in [2.75, 3.05) is 32.7 Å². The van der Waals surface area contributed by atoms with E-state index in [2.05, 4.69) is 10.2 Å². The summed E-state index contributed by atoms with van der Waals surface area (Å²) in [6.07, 6.45) is 5.33. The fourth-order valence-corrected chi connectivity index (χ4v) is 2.65. The summed E-state index contributed by atoms with van der Waals surface area (Å²) >= 11 is 0. The van der Waals surface area contributed by atoms with Gasteiger partial charge in [-0.15, -0.1) is 0 Å². The van der Waals surface area contributed by atoms with Crippen molar-refractivity contribution in [1.82, 2.24) is 10.2 Å². The van der Waals surface area contributed by atoms with E-state index in [-0.39, 0.29) is 11.3 Å². The predicted octanol–water partition coefficient (Wildman–Crippen LogP) is 1.35. The third-order valence-corrected chi connectivity index (χ3v) is 4.36. The van der Waals surface area contributed by atoms with Gasteiger partial charge < -0.3 is 16.0 Å². The zero-order valence-corrected chi connectivity index (χ0v) is 12.0. The van der Waals surface area contributed by atoms with Crippen LogP contribution >= 0.6 is 0 Å². The number of nitrogens with one attached hydrogen (secondary N) is 1. The summed E-state index contributed by atoms with van der Waals surface area (Å²) in [7, 11) is 0. The molecule has 1 heterocycles. The molecule has 0 radical (unpaired) electrons. The van der Waals surface area contributed by atoms with Crippen molar-refractivity contribution in [3.05, 3.63) is 0 Å². The molecule has 0 aromatic rings. The summed E-state index contributed by atoms with van der Waals surface area (Å²) in [5, 5.41) is 3.05. The minimum absolute atomic E-state index is 0.136. The van der Waals surface area contributed by atoms with Gasteiger partial charge >= 0.3 is 0 Å². The second kappa shape index (κ2) is 7.74. The van der Waals surface area contributed by atoms with Gasteiger partial charge in [0.2, 0.25) is 5.91 Å². The van der Waals surface area contributed by atoms with Crippen molar-refractivity contribution in [2.24, 2.45) is 11.1 Å². The van der Waals surface area contributed by atoms with Crippen LogP contribution in [0.25, 0.3) is 0 Å². The molecule has 1 fully saturated rings. The number of carbonyl (C=O) groups is 1. The van der Waals surface area contributed by atoms with Gasteiger partial charge in [0.15, 0.2) is 0 Å². The molecule has 1 rings (SSSR count). The first-order chi connectivity index (χ1) is 8.68. The van der Waals surface area contributed by atoms with Crippen LogP contribution in [0.4, 0.5) is 0 Å². The highest BCUT2D eigenvalue weighted by Gasteiger charge is 2.32. The van der Waals surface area contributed by atoms with Crippen LogP contribution in [-0.4, -0.2) is 43.5 Å². The van der Waals surface area contributed by atoms with Gasteiger partial charge in [-0.2, -0.15) is 0 Å². The Morgan fingerprint density at radius 3 is 2.39 bits per heavy atom. The summed E-state index contributed by atoms with van der Waals surface area (Å²) in [6.45, 7) is 8.86. The molecule has 0 aromatic carbocycles. The van der Waals surface area contributed by atoms with Gasteiger partial charge in [-0.1, -0.05) is 13.8 Å². The highest BCUT2D eigenvalue weighted by Crippen LogP contribution is 2.24. The molecule has 0 bridgehead atoms. The summed E-state index contributed by atoms with van der Waals surface area (Å²) in [5.74, 6) is 0.136. The van der Waals surface area contributed by atoms with Crippen LogP contribution in [-0.2, 0) is 4.79 Å². The molecule has 4 heteroatoms. The second-order valence-electron chi connectivity index (χ2n) is 5.35. The Morgan fingerprint density at radius 1 is 1.28 bits per heavy atom. The topological polar surface area (TPSA) is 58.4 Å². The highest BCUT2D eigenvalue weighted by atomic mass is 16.2. The van der Waals surface area contributed by atoms with Gasteiger partial charge in [-0.05, 0) is 51.7 Å². The van der Waals surface area contributed by atoms with Crippen LogP contribution in [0, 0.1) is 5.41 Å². The molecule has 106 valence electrons. The SMILES string of the molecule is CCC(CC)(CN)C(=O)NCCCN1CCCC1. The summed E-state index contributed by atoms with van der Waals surface area (Å²) in [5.41, 5.74) is 5.41. The van der Waals surface area contributed by atoms with Crippen molar-refractivity contribution >= 4 is 5.91 Å².